The highest BCUT2D eigenvalue weighted by molar-refractivity contribution is 8.12. The van der Waals surface area contributed by atoms with Crippen molar-refractivity contribution in [1.82, 2.24) is 10.2 Å². The van der Waals surface area contributed by atoms with Gasteiger partial charge in [-0.3, -0.25) is 15.6 Å². The summed E-state index contributed by atoms with van der Waals surface area (Å²) in [6.45, 7) is 9.03. The minimum atomic E-state index is -0.289. The Morgan fingerprint density at radius 3 is 2.02 bits per heavy atom. The van der Waals surface area contributed by atoms with E-state index in [0.717, 1.165) is 18.0 Å². The molecule has 0 bridgehead atoms. The van der Waals surface area contributed by atoms with E-state index in [2.05, 4.69) is 15.5 Å². The second kappa shape index (κ2) is 23.5. The van der Waals surface area contributed by atoms with Crippen LogP contribution in [0.15, 0.2) is 27.8 Å². The second-order valence-electron chi connectivity index (χ2n) is 9.82. The quantitative estimate of drug-likeness (QED) is 0.0623. The van der Waals surface area contributed by atoms with Gasteiger partial charge in [0.15, 0.2) is 0 Å². The summed E-state index contributed by atoms with van der Waals surface area (Å²) in [5.41, 5.74) is 1.26. The summed E-state index contributed by atoms with van der Waals surface area (Å²) in [5, 5.41) is 26.8. The predicted molar refractivity (Wildman–Crippen MR) is 175 cm³/mol. The van der Waals surface area contributed by atoms with Gasteiger partial charge in [-0.15, -0.1) is 10.2 Å². The van der Waals surface area contributed by atoms with Crippen LogP contribution in [0.3, 0.4) is 0 Å². The van der Waals surface area contributed by atoms with Crippen molar-refractivity contribution in [2.75, 3.05) is 77.8 Å². The minimum Gasteiger partial charge on any atom is -0.415 e. The topological polar surface area (TPSA) is 188 Å². The molecule has 45 heavy (non-hydrogen) atoms. The molecule has 2 aromatic rings. The first-order valence-corrected chi connectivity index (χ1v) is 16.5. The van der Waals surface area contributed by atoms with Crippen LogP contribution in [0.25, 0.3) is 11.5 Å². The molecule has 0 aliphatic carbocycles. The number of aldehydes is 1. The van der Waals surface area contributed by atoms with Crippen molar-refractivity contribution < 1.29 is 42.4 Å². The van der Waals surface area contributed by atoms with Gasteiger partial charge in [0.1, 0.15) is 6.29 Å². The first-order valence-electron chi connectivity index (χ1n) is 14.0. The number of hydrogen-bond donors (Lipinski definition) is 3. The number of hydrogen-bond acceptors (Lipinski definition) is 15. The lowest BCUT2D eigenvalue weighted by molar-refractivity contribution is -0.117. The fourth-order valence-electron chi connectivity index (χ4n) is 2.84. The van der Waals surface area contributed by atoms with E-state index < -0.39 is 0 Å². The molecule has 3 N–H and O–H groups in total. The number of anilines is 1. The number of carbonyl (C=O) groups excluding carboxylic acids is 2. The van der Waals surface area contributed by atoms with Crippen LogP contribution in [0.2, 0.25) is 0 Å². The van der Waals surface area contributed by atoms with Crippen molar-refractivity contribution in [3.8, 4) is 11.5 Å². The molecule has 0 saturated heterocycles. The third-order valence-electron chi connectivity index (χ3n) is 5.27. The molecule has 1 aromatic heterocycles. The van der Waals surface area contributed by atoms with Gasteiger partial charge in [-0.05, 0) is 51.5 Å². The Labute approximate surface area is 273 Å². The van der Waals surface area contributed by atoms with E-state index in [4.69, 9.17) is 43.7 Å². The van der Waals surface area contributed by atoms with Gasteiger partial charge in [0.2, 0.25) is 22.9 Å². The molecule has 1 amide bonds. The molecule has 0 aliphatic heterocycles. The van der Waals surface area contributed by atoms with Crippen LogP contribution in [-0.2, 0) is 38.0 Å². The highest BCUT2D eigenvalue weighted by Gasteiger charge is 2.15. The Morgan fingerprint density at radius 2 is 1.51 bits per heavy atom. The molecule has 0 unspecified atom stereocenters. The second-order valence-corrected chi connectivity index (χ2v) is 11.4. The molecular weight excluding hydrogens is 626 g/mol. The molecule has 0 aliphatic rings. The Bertz CT molecular complexity index is 1180. The van der Waals surface area contributed by atoms with Crippen LogP contribution in [0, 0.1) is 10.8 Å². The Balaban J connectivity index is 0.00000153. The van der Waals surface area contributed by atoms with E-state index >= 15 is 0 Å². The van der Waals surface area contributed by atoms with E-state index in [-0.39, 0.29) is 41.6 Å². The van der Waals surface area contributed by atoms with Gasteiger partial charge >= 0.3 is 0 Å². The zero-order valence-electron chi connectivity index (χ0n) is 26.8. The maximum atomic E-state index is 12.5. The summed E-state index contributed by atoms with van der Waals surface area (Å²) in [6.07, 6.45) is 4.77. The fraction of sp³-hybridized carbons (Fsp3) is 0.586. The van der Waals surface area contributed by atoms with Gasteiger partial charge in [0, 0.05) is 30.3 Å². The molecule has 0 saturated carbocycles. The standard InChI is InChI=1S/C24H33N5O8S2.C5H12O/c1-38-23(26)36-21(25)17-14-18(22-28-29-24(37-22)39-2)16-19(15-17)27-20(31)4-7-33-9-11-35-13-12-34-10-8-32-6-3-5-30;1-5(2,3)6-4/h5,14-16,25-26H,3-4,6-13H2,1-2H3,(H,27,31);1-4H3. The number of thioether (sulfide) groups is 2. The van der Waals surface area contributed by atoms with Crippen LogP contribution < -0.4 is 5.32 Å². The molecule has 0 radical (unpaired) electrons. The molecular formula is C29H45N5O9S2. The van der Waals surface area contributed by atoms with Crippen LogP contribution in [0.5, 0.6) is 0 Å². The molecule has 0 spiro atoms. The number of nitrogens with one attached hydrogen (secondary N) is 3. The van der Waals surface area contributed by atoms with Gasteiger partial charge < -0.3 is 42.9 Å². The van der Waals surface area contributed by atoms with E-state index in [1.807, 2.05) is 20.8 Å². The van der Waals surface area contributed by atoms with Gasteiger partial charge in [-0.1, -0.05) is 23.5 Å². The summed E-state index contributed by atoms with van der Waals surface area (Å²) in [7, 11) is 1.71. The highest BCUT2D eigenvalue weighted by atomic mass is 32.2. The van der Waals surface area contributed by atoms with Gasteiger partial charge in [0.25, 0.3) is 5.22 Å². The average molecular weight is 672 g/mol. The molecule has 1 aromatic carbocycles. The lowest BCUT2D eigenvalue weighted by atomic mass is 10.1. The summed E-state index contributed by atoms with van der Waals surface area (Å²) in [5.74, 6) is -0.323. The number of aromatic nitrogens is 2. The molecule has 0 fully saturated rings. The van der Waals surface area contributed by atoms with Crippen LogP contribution >= 0.6 is 23.5 Å². The normalized spacial score (nSPS) is 11.0. The zero-order valence-corrected chi connectivity index (χ0v) is 28.4. The van der Waals surface area contributed by atoms with Crippen molar-refractivity contribution in [2.24, 2.45) is 0 Å². The highest BCUT2D eigenvalue weighted by Crippen LogP contribution is 2.27. The number of rotatable bonds is 19. The maximum Gasteiger partial charge on any atom is 0.276 e. The minimum absolute atomic E-state index is 0.0417. The van der Waals surface area contributed by atoms with Gasteiger partial charge in [-0.25, -0.2) is 0 Å². The van der Waals surface area contributed by atoms with E-state index in [0.29, 0.717) is 74.7 Å². The van der Waals surface area contributed by atoms with Crippen LogP contribution in [-0.4, -0.2) is 112 Å². The van der Waals surface area contributed by atoms with Gasteiger partial charge in [0.05, 0.1) is 64.9 Å². The van der Waals surface area contributed by atoms with Gasteiger partial charge in [-0.2, -0.15) is 0 Å². The van der Waals surface area contributed by atoms with Crippen molar-refractivity contribution in [3.05, 3.63) is 23.8 Å². The van der Waals surface area contributed by atoms with E-state index in [9.17, 15) is 9.59 Å². The third kappa shape index (κ3) is 19.3. The number of nitrogens with zero attached hydrogens (tertiary/aromatic N) is 2. The molecule has 0 atom stereocenters. The molecule has 1 heterocycles. The molecule has 252 valence electrons. The lowest BCUT2D eigenvalue weighted by Crippen LogP contribution is -2.17. The van der Waals surface area contributed by atoms with E-state index in [1.165, 1.54) is 11.8 Å². The number of amides is 1. The van der Waals surface area contributed by atoms with Crippen molar-refractivity contribution in [1.29, 1.82) is 10.8 Å². The Hall–Kier alpha value is -2.86. The fourth-order valence-corrected chi connectivity index (χ4v) is 3.29. The lowest BCUT2D eigenvalue weighted by Gasteiger charge is -2.14. The van der Waals surface area contributed by atoms with Crippen molar-refractivity contribution >= 4 is 52.5 Å². The summed E-state index contributed by atoms with van der Waals surface area (Å²) < 4.78 is 37.1. The predicted octanol–water partition coefficient (Wildman–Crippen LogP) is 4.51. The molecule has 14 nitrogen and oxygen atoms in total. The third-order valence-corrected chi connectivity index (χ3v) is 6.24. The number of methoxy groups -OCH3 is 1. The Morgan fingerprint density at radius 1 is 0.933 bits per heavy atom. The first kappa shape index (κ1) is 40.2. The SMILES string of the molecule is COC(C)(C)C.CSC(=N)OC(=N)c1cc(NC(=O)CCOCCOCCOCCOCCC=O)cc(-c2nnc(SC)o2)c1. The van der Waals surface area contributed by atoms with Crippen molar-refractivity contribution in [3.63, 3.8) is 0 Å². The first-order chi connectivity index (χ1) is 21.5. The molecule has 16 heteroatoms. The Kier molecular flexibility index (Phi) is 21.0. The summed E-state index contributed by atoms with van der Waals surface area (Å²) in [6, 6.07) is 4.83. The summed E-state index contributed by atoms with van der Waals surface area (Å²) >= 11 is 2.35. The number of benzene rings is 1. The number of ether oxygens (including phenoxy) is 6. The smallest absolute Gasteiger partial charge is 0.276 e. The van der Waals surface area contributed by atoms with E-state index in [1.54, 1.807) is 37.8 Å². The zero-order chi connectivity index (χ0) is 33.5. The van der Waals surface area contributed by atoms with Crippen LogP contribution in [0.1, 0.15) is 39.2 Å². The maximum absolute atomic E-state index is 12.5. The summed E-state index contributed by atoms with van der Waals surface area (Å²) in [4.78, 5) is 22.7. The largest absolute Gasteiger partial charge is 0.415 e. The average Bonchev–Trinajstić information content (AvgIpc) is 3.50. The monoisotopic (exact) mass is 671 g/mol. The van der Waals surface area contributed by atoms with Crippen molar-refractivity contribution in [2.45, 2.75) is 44.4 Å². The van der Waals surface area contributed by atoms with Crippen LogP contribution in [0.4, 0.5) is 5.69 Å². The number of carbonyl (C=O) groups is 2. The molecule has 2 rings (SSSR count).